The molecule has 0 saturated heterocycles. The number of nitrogens with one attached hydrogen (secondary N) is 2. The van der Waals surface area contributed by atoms with E-state index < -0.39 is 0 Å². The fraction of sp³-hybridized carbons (Fsp3) is 0.318. The van der Waals surface area contributed by atoms with E-state index in [2.05, 4.69) is 34.6 Å². The number of amides is 1. The molecule has 0 aliphatic heterocycles. The Hall–Kier alpha value is -2.59. The lowest BCUT2D eigenvalue weighted by Gasteiger charge is -2.06. The number of aryl methyl sites for hydroxylation is 1. The second kappa shape index (κ2) is 9.78. The van der Waals surface area contributed by atoms with Crippen molar-refractivity contribution in [2.24, 2.45) is 0 Å². The average molecular weight is 350 g/mol. The lowest BCUT2D eigenvalue weighted by Crippen LogP contribution is -2.25. The third kappa shape index (κ3) is 5.46. The number of rotatable bonds is 10. The van der Waals surface area contributed by atoms with Gasteiger partial charge in [0.1, 0.15) is 0 Å². The number of carbonyl (C=O) groups excluding carboxylic acids is 1. The SMILES string of the molecule is O=C(CCc1c[nH]c2ccccc12)NCCCOCCc1ccccc1. The topological polar surface area (TPSA) is 54.1 Å². The summed E-state index contributed by atoms with van der Waals surface area (Å²) in [5.74, 6) is 0.0968. The van der Waals surface area contributed by atoms with Gasteiger partial charge in [0.05, 0.1) is 6.61 Å². The Kier molecular flexibility index (Phi) is 6.85. The van der Waals surface area contributed by atoms with Crippen molar-refractivity contribution < 1.29 is 9.53 Å². The monoisotopic (exact) mass is 350 g/mol. The van der Waals surface area contributed by atoms with E-state index in [9.17, 15) is 4.79 Å². The van der Waals surface area contributed by atoms with Crippen LogP contribution in [-0.4, -0.2) is 30.6 Å². The highest BCUT2D eigenvalue weighted by Gasteiger charge is 2.06. The van der Waals surface area contributed by atoms with Crippen LogP contribution in [0.4, 0.5) is 0 Å². The van der Waals surface area contributed by atoms with Gasteiger partial charge >= 0.3 is 0 Å². The van der Waals surface area contributed by atoms with Crippen molar-refractivity contribution in [2.45, 2.75) is 25.7 Å². The molecule has 1 aromatic heterocycles. The molecule has 2 N–H and O–H groups in total. The number of benzene rings is 2. The maximum atomic E-state index is 12.0. The molecule has 1 heterocycles. The summed E-state index contributed by atoms with van der Waals surface area (Å²) in [7, 11) is 0. The summed E-state index contributed by atoms with van der Waals surface area (Å²) in [6.45, 7) is 2.06. The fourth-order valence-electron chi connectivity index (χ4n) is 3.01. The fourth-order valence-corrected chi connectivity index (χ4v) is 3.01. The molecule has 4 nitrogen and oxygen atoms in total. The predicted octanol–water partition coefficient (Wildman–Crippen LogP) is 3.87. The van der Waals surface area contributed by atoms with E-state index in [-0.39, 0.29) is 5.91 Å². The van der Waals surface area contributed by atoms with E-state index in [0.717, 1.165) is 31.4 Å². The lowest BCUT2D eigenvalue weighted by molar-refractivity contribution is -0.121. The third-order valence-electron chi connectivity index (χ3n) is 4.46. The molecule has 0 bridgehead atoms. The van der Waals surface area contributed by atoms with Gasteiger partial charge in [0, 0.05) is 36.7 Å². The molecule has 0 radical (unpaired) electrons. The summed E-state index contributed by atoms with van der Waals surface area (Å²) in [6.07, 6.45) is 5.03. The number of H-pyrrole nitrogens is 1. The Labute approximate surface area is 154 Å². The van der Waals surface area contributed by atoms with Crippen LogP contribution in [0.3, 0.4) is 0 Å². The number of para-hydroxylation sites is 1. The number of hydrogen-bond acceptors (Lipinski definition) is 2. The van der Waals surface area contributed by atoms with E-state index in [4.69, 9.17) is 4.74 Å². The maximum Gasteiger partial charge on any atom is 0.220 e. The van der Waals surface area contributed by atoms with Crippen molar-refractivity contribution in [3.63, 3.8) is 0 Å². The van der Waals surface area contributed by atoms with Gasteiger partial charge in [-0.25, -0.2) is 0 Å². The van der Waals surface area contributed by atoms with Crippen LogP contribution >= 0.6 is 0 Å². The van der Waals surface area contributed by atoms with Crippen molar-refractivity contribution in [3.8, 4) is 0 Å². The van der Waals surface area contributed by atoms with Gasteiger partial charge < -0.3 is 15.0 Å². The predicted molar refractivity (Wildman–Crippen MR) is 105 cm³/mol. The number of aromatic nitrogens is 1. The van der Waals surface area contributed by atoms with E-state index in [1.165, 1.54) is 16.5 Å². The van der Waals surface area contributed by atoms with Crippen LogP contribution in [0, 0.1) is 0 Å². The van der Waals surface area contributed by atoms with Crippen LogP contribution in [-0.2, 0) is 22.4 Å². The second-order valence-corrected chi connectivity index (χ2v) is 6.41. The first kappa shape index (κ1) is 18.2. The number of ether oxygens (including phenoxy) is 1. The van der Waals surface area contributed by atoms with Crippen LogP contribution in [0.25, 0.3) is 10.9 Å². The van der Waals surface area contributed by atoms with Crippen molar-refractivity contribution >= 4 is 16.8 Å². The van der Waals surface area contributed by atoms with Gasteiger partial charge in [-0.05, 0) is 36.5 Å². The minimum absolute atomic E-state index is 0.0968. The van der Waals surface area contributed by atoms with Gasteiger partial charge in [-0.3, -0.25) is 4.79 Å². The summed E-state index contributed by atoms with van der Waals surface area (Å²) in [5.41, 5.74) is 3.61. The van der Waals surface area contributed by atoms with E-state index >= 15 is 0 Å². The Morgan fingerprint density at radius 3 is 2.65 bits per heavy atom. The quantitative estimate of drug-likeness (QED) is 0.546. The highest BCUT2D eigenvalue weighted by atomic mass is 16.5. The molecule has 4 heteroatoms. The molecule has 0 saturated carbocycles. The highest BCUT2D eigenvalue weighted by molar-refractivity contribution is 5.84. The van der Waals surface area contributed by atoms with E-state index in [1.807, 2.05) is 36.5 Å². The molecule has 2 aromatic carbocycles. The first-order valence-electron chi connectivity index (χ1n) is 9.26. The maximum absolute atomic E-state index is 12.0. The molecule has 0 fully saturated rings. The van der Waals surface area contributed by atoms with Crippen molar-refractivity contribution in [2.75, 3.05) is 19.8 Å². The zero-order valence-electron chi connectivity index (χ0n) is 15.0. The molecular formula is C22H26N2O2. The minimum atomic E-state index is 0.0968. The molecule has 136 valence electrons. The summed E-state index contributed by atoms with van der Waals surface area (Å²) in [4.78, 5) is 15.2. The summed E-state index contributed by atoms with van der Waals surface area (Å²) in [5, 5.41) is 4.17. The van der Waals surface area contributed by atoms with Gasteiger partial charge in [-0.15, -0.1) is 0 Å². The molecule has 1 amide bonds. The Morgan fingerprint density at radius 1 is 0.962 bits per heavy atom. The summed E-state index contributed by atoms with van der Waals surface area (Å²) < 4.78 is 5.63. The molecule has 0 unspecified atom stereocenters. The lowest BCUT2D eigenvalue weighted by atomic mass is 10.1. The van der Waals surface area contributed by atoms with Crippen LogP contribution in [0.15, 0.2) is 60.8 Å². The number of hydrogen-bond donors (Lipinski definition) is 2. The summed E-state index contributed by atoms with van der Waals surface area (Å²) >= 11 is 0. The zero-order chi connectivity index (χ0) is 18.0. The molecule has 0 aliphatic carbocycles. The summed E-state index contributed by atoms with van der Waals surface area (Å²) in [6, 6.07) is 18.5. The van der Waals surface area contributed by atoms with Gasteiger partial charge in [-0.1, -0.05) is 48.5 Å². The van der Waals surface area contributed by atoms with Gasteiger partial charge in [0.25, 0.3) is 0 Å². The van der Waals surface area contributed by atoms with Crippen molar-refractivity contribution in [3.05, 3.63) is 71.9 Å². The highest BCUT2D eigenvalue weighted by Crippen LogP contribution is 2.18. The van der Waals surface area contributed by atoms with Crippen molar-refractivity contribution in [1.82, 2.24) is 10.3 Å². The molecule has 0 atom stereocenters. The number of aromatic amines is 1. The normalized spacial score (nSPS) is 10.9. The van der Waals surface area contributed by atoms with Crippen LogP contribution in [0.5, 0.6) is 0 Å². The third-order valence-corrected chi connectivity index (χ3v) is 4.46. The number of fused-ring (bicyclic) bond motifs is 1. The smallest absolute Gasteiger partial charge is 0.220 e. The largest absolute Gasteiger partial charge is 0.381 e. The van der Waals surface area contributed by atoms with E-state index in [1.54, 1.807) is 0 Å². The molecule has 3 aromatic rings. The first-order valence-corrected chi connectivity index (χ1v) is 9.26. The molecule has 0 spiro atoms. The Balaban J connectivity index is 1.25. The molecule has 26 heavy (non-hydrogen) atoms. The Morgan fingerprint density at radius 2 is 1.77 bits per heavy atom. The van der Waals surface area contributed by atoms with Crippen LogP contribution in [0.2, 0.25) is 0 Å². The molecule has 0 aliphatic rings. The molecular weight excluding hydrogens is 324 g/mol. The minimum Gasteiger partial charge on any atom is -0.381 e. The van der Waals surface area contributed by atoms with Crippen LogP contribution < -0.4 is 5.32 Å². The number of carbonyl (C=O) groups is 1. The van der Waals surface area contributed by atoms with Crippen LogP contribution in [0.1, 0.15) is 24.0 Å². The average Bonchev–Trinajstić information content (AvgIpc) is 3.09. The van der Waals surface area contributed by atoms with Gasteiger partial charge in [0.15, 0.2) is 0 Å². The standard InChI is InChI=1S/C22H26N2O2/c25-22(12-11-19-17-24-21-10-5-4-9-20(19)21)23-14-6-15-26-16-13-18-7-2-1-3-8-18/h1-5,7-10,17,24H,6,11-16H2,(H,23,25). The van der Waals surface area contributed by atoms with Crippen molar-refractivity contribution in [1.29, 1.82) is 0 Å². The van der Waals surface area contributed by atoms with E-state index in [0.29, 0.717) is 19.6 Å². The Bertz CT molecular complexity index is 811. The van der Waals surface area contributed by atoms with Gasteiger partial charge in [-0.2, -0.15) is 0 Å². The second-order valence-electron chi connectivity index (χ2n) is 6.41. The molecule has 3 rings (SSSR count). The van der Waals surface area contributed by atoms with Gasteiger partial charge in [0.2, 0.25) is 5.91 Å². The zero-order valence-corrected chi connectivity index (χ0v) is 15.0. The first-order chi connectivity index (χ1) is 12.8.